The van der Waals surface area contributed by atoms with E-state index in [1.54, 1.807) is 29.8 Å². The SMILES string of the molecule is CCOC(=O)c1csc(C)c1S(=O)(=O)NC(=O)Oc1ccccc1. The molecular formula is C15H15NO6S2. The van der Waals surface area contributed by atoms with Gasteiger partial charge in [0.05, 0.1) is 12.2 Å². The third-order valence-corrected chi connectivity index (χ3v) is 5.39. The molecule has 2 rings (SSSR count). The number of rotatable bonds is 5. The summed E-state index contributed by atoms with van der Waals surface area (Å²) in [5, 5.41) is 1.38. The first kappa shape index (κ1) is 18.0. The second-order valence-corrected chi connectivity index (χ2v) is 7.27. The minimum Gasteiger partial charge on any atom is -0.462 e. The van der Waals surface area contributed by atoms with Gasteiger partial charge >= 0.3 is 12.1 Å². The molecule has 1 amide bonds. The molecule has 1 aromatic carbocycles. The Labute approximate surface area is 143 Å². The molecule has 1 aromatic heterocycles. The smallest absolute Gasteiger partial charge is 0.426 e. The molecule has 0 atom stereocenters. The van der Waals surface area contributed by atoms with E-state index in [-0.39, 0.29) is 22.8 Å². The monoisotopic (exact) mass is 369 g/mol. The minimum absolute atomic E-state index is 0.108. The standard InChI is InChI=1S/C15H15NO6S2/c1-3-21-14(17)12-9-23-10(2)13(12)24(19,20)16-15(18)22-11-7-5-4-6-8-11/h4-9H,3H2,1-2H3,(H,16,18). The highest BCUT2D eigenvalue weighted by molar-refractivity contribution is 7.90. The highest BCUT2D eigenvalue weighted by atomic mass is 32.2. The average molecular weight is 369 g/mol. The second-order valence-electron chi connectivity index (χ2n) is 4.56. The summed E-state index contributed by atoms with van der Waals surface area (Å²) in [6.45, 7) is 3.25. The number of carbonyl (C=O) groups excluding carboxylic acids is 2. The first-order valence-corrected chi connectivity index (χ1v) is 9.26. The van der Waals surface area contributed by atoms with Crippen LogP contribution in [0.2, 0.25) is 0 Å². The van der Waals surface area contributed by atoms with E-state index in [4.69, 9.17) is 9.47 Å². The van der Waals surface area contributed by atoms with Gasteiger partial charge in [-0.05, 0) is 26.0 Å². The summed E-state index contributed by atoms with van der Waals surface area (Å²) < 4.78 is 36.4. The molecule has 1 N–H and O–H groups in total. The summed E-state index contributed by atoms with van der Waals surface area (Å²) in [7, 11) is -4.28. The Balaban J connectivity index is 2.23. The van der Waals surface area contributed by atoms with Crippen molar-refractivity contribution >= 4 is 33.4 Å². The van der Waals surface area contributed by atoms with Crippen LogP contribution in [-0.2, 0) is 14.8 Å². The average Bonchev–Trinajstić information content (AvgIpc) is 2.90. The maximum absolute atomic E-state index is 12.4. The lowest BCUT2D eigenvalue weighted by atomic mass is 10.3. The summed E-state index contributed by atoms with van der Waals surface area (Å²) in [6.07, 6.45) is -1.17. The van der Waals surface area contributed by atoms with Crippen LogP contribution in [0.25, 0.3) is 0 Å². The van der Waals surface area contributed by atoms with Gasteiger partial charge in [-0.1, -0.05) is 18.2 Å². The van der Waals surface area contributed by atoms with Crippen molar-refractivity contribution in [3.8, 4) is 5.75 Å². The number of nitrogens with one attached hydrogen (secondary N) is 1. The van der Waals surface area contributed by atoms with Gasteiger partial charge < -0.3 is 9.47 Å². The molecule has 7 nitrogen and oxygen atoms in total. The van der Waals surface area contributed by atoms with Gasteiger partial charge in [0.15, 0.2) is 0 Å². The Morgan fingerprint density at radius 1 is 1.21 bits per heavy atom. The van der Waals surface area contributed by atoms with Gasteiger partial charge in [0.2, 0.25) is 0 Å². The quantitative estimate of drug-likeness (QED) is 0.814. The molecule has 0 radical (unpaired) electrons. The molecule has 0 aliphatic carbocycles. The Bertz CT molecular complexity index is 842. The van der Waals surface area contributed by atoms with E-state index < -0.39 is 22.1 Å². The fourth-order valence-corrected chi connectivity index (χ4v) is 4.35. The molecule has 0 aliphatic heterocycles. The highest BCUT2D eigenvalue weighted by Gasteiger charge is 2.29. The lowest BCUT2D eigenvalue weighted by Gasteiger charge is -2.09. The Morgan fingerprint density at radius 2 is 1.88 bits per heavy atom. The van der Waals surface area contributed by atoms with Crippen molar-refractivity contribution in [2.75, 3.05) is 6.61 Å². The number of amides is 1. The fourth-order valence-electron chi connectivity index (χ4n) is 1.90. The topological polar surface area (TPSA) is 98.8 Å². The second kappa shape index (κ2) is 7.45. The van der Waals surface area contributed by atoms with E-state index in [0.29, 0.717) is 4.88 Å². The minimum atomic E-state index is -4.28. The van der Waals surface area contributed by atoms with Crippen LogP contribution in [0.4, 0.5) is 4.79 Å². The first-order valence-electron chi connectivity index (χ1n) is 6.90. The van der Waals surface area contributed by atoms with E-state index in [1.165, 1.54) is 24.4 Å². The van der Waals surface area contributed by atoms with Crippen LogP contribution in [0.3, 0.4) is 0 Å². The van der Waals surface area contributed by atoms with E-state index in [0.717, 1.165) is 11.3 Å². The van der Waals surface area contributed by atoms with Crippen molar-refractivity contribution in [1.82, 2.24) is 4.72 Å². The van der Waals surface area contributed by atoms with Crippen LogP contribution < -0.4 is 9.46 Å². The van der Waals surface area contributed by atoms with Gasteiger partial charge in [0.25, 0.3) is 10.0 Å². The van der Waals surface area contributed by atoms with Crippen molar-refractivity contribution in [1.29, 1.82) is 0 Å². The van der Waals surface area contributed by atoms with E-state index in [1.807, 2.05) is 0 Å². The number of carbonyl (C=O) groups is 2. The van der Waals surface area contributed by atoms with Crippen LogP contribution >= 0.6 is 11.3 Å². The fraction of sp³-hybridized carbons (Fsp3) is 0.200. The molecule has 0 saturated heterocycles. The molecular weight excluding hydrogens is 354 g/mol. The summed E-state index contributed by atoms with van der Waals surface area (Å²) in [5.41, 5.74) is -0.112. The van der Waals surface area contributed by atoms with Gasteiger partial charge in [-0.15, -0.1) is 11.3 Å². The highest BCUT2D eigenvalue weighted by Crippen LogP contribution is 2.27. The van der Waals surface area contributed by atoms with Crippen molar-refractivity contribution in [3.63, 3.8) is 0 Å². The molecule has 0 saturated carbocycles. The molecule has 0 bridgehead atoms. The van der Waals surface area contributed by atoms with Gasteiger partial charge in [0.1, 0.15) is 10.6 Å². The van der Waals surface area contributed by atoms with E-state index in [2.05, 4.69) is 0 Å². The van der Waals surface area contributed by atoms with Crippen LogP contribution in [0.1, 0.15) is 22.2 Å². The van der Waals surface area contributed by atoms with Crippen LogP contribution in [-0.4, -0.2) is 27.1 Å². The largest absolute Gasteiger partial charge is 0.462 e. The third kappa shape index (κ3) is 4.12. The maximum atomic E-state index is 12.4. The van der Waals surface area contributed by atoms with Crippen LogP contribution in [0.15, 0.2) is 40.6 Å². The van der Waals surface area contributed by atoms with Crippen LogP contribution in [0.5, 0.6) is 5.75 Å². The number of esters is 1. The lowest BCUT2D eigenvalue weighted by Crippen LogP contribution is -2.34. The Morgan fingerprint density at radius 3 is 2.50 bits per heavy atom. The predicted molar refractivity (Wildman–Crippen MR) is 87.8 cm³/mol. The number of ether oxygens (including phenoxy) is 2. The summed E-state index contributed by atoms with van der Waals surface area (Å²) >= 11 is 1.07. The number of aryl methyl sites for hydroxylation is 1. The van der Waals surface area contributed by atoms with Crippen molar-refractivity contribution < 1.29 is 27.5 Å². The molecule has 0 spiro atoms. The van der Waals surface area contributed by atoms with Gasteiger partial charge in [0, 0.05) is 10.3 Å². The lowest BCUT2D eigenvalue weighted by molar-refractivity contribution is 0.0522. The number of benzene rings is 1. The van der Waals surface area contributed by atoms with E-state index >= 15 is 0 Å². The number of thiophene rings is 1. The Kier molecular flexibility index (Phi) is 5.58. The molecule has 24 heavy (non-hydrogen) atoms. The molecule has 0 unspecified atom stereocenters. The molecule has 0 fully saturated rings. The van der Waals surface area contributed by atoms with Crippen molar-refractivity contribution in [2.24, 2.45) is 0 Å². The van der Waals surface area contributed by atoms with E-state index in [9.17, 15) is 18.0 Å². The predicted octanol–water partition coefficient (Wildman–Crippen LogP) is 2.71. The zero-order valence-electron chi connectivity index (χ0n) is 12.9. The molecule has 1 heterocycles. The summed E-state index contributed by atoms with van der Waals surface area (Å²) in [6, 6.07) is 8.01. The number of sulfonamides is 1. The number of para-hydroxylation sites is 1. The Hall–Kier alpha value is -2.39. The number of hydrogen-bond acceptors (Lipinski definition) is 7. The molecule has 9 heteroatoms. The normalized spacial score (nSPS) is 10.9. The maximum Gasteiger partial charge on any atom is 0.426 e. The van der Waals surface area contributed by atoms with Gasteiger partial charge in [-0.3, -0.25) is 0 Å². The molecule has 0 aliphatic rings. The summed E-state index contributed by atoms with van der Waals surface area (Å²) in [5.74, 6) is -0.573. The molecule has 2 aromatic rings. The number of hydrogen-bond donors (Lipinski definition) is 1. The molecule has 128 valence electrons. The first-order chi connectivity index (χ1) is 11.3. The van der Waals surface area contributed by atoms with Crippen molar-refractivity contribution in [2.45, 2.75) is 18.7 Å². The zero-order valence-corrected chi connectivity index (χ0v) is 14.6. The van der Waals surface area contributed by atoms with Gasteiger partial charge in [-0.2, -0.15) is 0 Å². The third-order valence-electron chi connectivity index (χ3n) is 2.85. The van der Waals surface area contributed by atoms with Gasteiger partial charge in [-0.25, -0.2) is 22.7 Å². The summed E-state index contributed by atoms with van der Waals surface area (Å²) in [4.78, 5) is 23.8. The zero-order chi connectivity index (χ0) is 17.7. The van der Waals surface area contributed by atoms with Crippen molar-refractivity contribution in [3.05, 3.63) is 46.2 Å². The van der Waals surface area contributed by atoms with Crippen LogP contribution in [0, 0.1) is 6.92 Å².